The van der Waals surface area contributed by atoms with E-state index in [9.17, 15) is 5.11 Å². The molecule has 1 unspecified atom stereocenters. The zero-order valence-corrected chi connectivity index (χ0v) is 13.2. The lowest BCUT2D eigenvalue weighted by Gasteiger charge is -2.29. The van der Waals surface area contributed by atoms with Gasteiger partial charge in [-0.1, -0.05) is 52.7 Å². The maximum absolute atomic E-state index is 10.8. The zero-order chi connectivity index (χ0) is 14.1. The lowest BCUT2D eigenvalue weighted by molar-refractivity contribution is 0.216. The molecule has 1 atom stereocenters. The fraction of sp³-hybridized carbons (Fsp3) is 0.333. The van der Waals surface area contributed by atoms with E-state index in [0.717, 1.165) is 21.2 Å². The molecule has 2 aromatic carbocycles. The molecule has 0 spiro atoms. The third kappa shape index (κ3) is 2.55. The van der Waals surface area contributed by atoms with E-state index in [2.05, 4.69) is 47.1 Å². The van der Waals surface area contributed by atoms with Gasteiger partial charge in [0.1, 0.15) is 6.10 Å². The monoisotopic (exact) mass is 330 g/mol. The molecule has 1 aliphatic rings. The van der Waals surface area contributed by atoms with Gasteiger partial charge in [-0.15, -0.1) is 0 Å². The van der Waals surface area contributed by atoms with Crippen molar-refractivity contribution in [3.63, 3.8) is 0 Å². The van der Waals surface area contributed by atoms with Gasteiger partial charge in [-0.05, 0) is 60.1 Å². The number of benzene rings is 2. The van der Waals surface area contributed by atoms with Gasteiger partial charge >= 0.3 is 0 Å². The highest BCUT2D eigenvalue weighted by atomic mass is 79.9. The van der Waals surface area contributed by atoms with Gasteiger partial charge in [-0.25, -0.2) is 0 Å². The molecule has 20 heavy (non-hydrogen) atoms. The van der Waals surface area contributed by atoms with Crippen LogP contribution in [0.3, 0.4) is 0 Å². The summed E-state index contributed by atoms with van der Waals surface area (Å²) in [6.07, 6.45) is 3.29. The summed E-state index contributed by atoms with van der Waals surface area (Å²) in [4.78, 5) is 0. The van der Waals surface area contributed by atoms with Gasteiger partial charge in [0.2, 0.25) is 0 Å². The summed E-state index contributed by atoms with van der Waals surface area (Å²) < 4.78 is 1.05. The van der Waals surface area contributed by atoms with Crippen molar-refractivity contribution in [2.24, 2.45) is 0 Å². The Kier molecular flexibility index (Phi) is 3.95. The third-order valence-corrected chi connectivity index (χ3v) is 4.86. The minimum atomic E-state index is -0.528. The van der Waals surface area contributed by atoms with Crippen molar-refractivity contribution in [2.45, 2.75) is 38.2 Å². The van der Waals surface area contributed by atoms with Gasteiger partial charge in [-0.2, -0.15) is 0 Å². The summed E-state index contributed by atoms with van der Waals surface area (Å²) in [5.74, 6) is 0.636. The quantitative estimate of drug-likeness (QED) is 0.829. The van der Waals surface area contributed by atoms with Crippen LogP contribution in [-0.4, -0.2) is 5.11 Å². The topological polar surface area (TPSA) is 20.2 Å². The molecule has 1 fully saturated rings. The second kappa shape index (κ2) is 5.71. The Bertz CT molecular complexity index is 617. The minimum absolute atomic E-state index is 0.528. The molecule has 1 nitrogen and oxygen atoms in total. The van der Waals surface area contributed by atoms with Crippen LogP contribution in [0.25, 0.3) is 0 Å². The molecular weight excluding hydrogens is 312 g/mol. The first-order valence-corrected chi connectivity index (χ1v) is 7.99. The van der Waals surface area contributed by atoms with Crippen molar-refractivity contribution in [1.82, 2.24) is 0 Å². The molecule has 1 saturated carbocycles. The van der Waals surface area contributed by atoms with E-state index in [-0.39, 0.29) is 0 Å². The van der Waals surface area contributed by atoms with Gasteiger partial charge in [-0.3, -0.25) is 0 Å². The normalized spacial score (nSPS) is 16.8. The van der Waals surface area contributed by atoms with Gasteiger partial charge in [0.05, 0.1) is 0 Å². The van der Waals surface area contributed by atoms with Crippen molar-refractivity contribution in [3.8, 4) is 0 Å². The smallest absolute Gasteiger partial charge is 0.105 e. The Labute approximate surface area is 128 Å². The van der Waals surface area contributed by atoms with E-state index in [1.165, 1.54) is 24.8 Å². The molecule has 0 radical (unpaired) electrons. The van der Waals surface area contributed by atoms with Gasteiger partial charge < -0.3 is 5.11 Å². The maximum atomic E-state index is 10.8. The number of halogens is 1. The highest BCUT2D eigenvalue weighted by molar-refractivity contribution is 9.10. The molecule has 2 aromatic rings. The van der Waals surface area contributed by atoms with E-state index < -0.39 is 6.10 Å². The van der Waals surface area contributed by atoms with Gasteiger partial charge in [0.25, 0.3) is 0 Å². The summed E-state index contributed by atoms with van der Waals surface area (Å²) in [7, 11) is 0. The van der Waals surface area contributed by atoms with Crippen molar-refractivity contribution in [1.29, 1.82) is 0 Å². The van der Waals surface area contributed by atoms with Crippen LogP contribution in [-0.2, 0) is 0 Å². The van der Waals surface area contributed by atoms with Crippen LogP contribution < -0.4 is 0 Å². The van der Waals surface area contributed by atoms with Gasteiger partial charge in [0.15, 0.2) is 0 Å². The number of aryl methyl sites for hydroxylation is 1. The standard InChI is InChI=1S/C18H19BrO/c1-12-11-14(19)9-10-15(12)18(20)17-8-3-2-7-16(17)13-5-4-6-13/h2-3,7-11,13,18,20H,4-6H2,1H3. The molecule has 0 amide bonds. The summed E-state index contributed by atoms with van der Waals surface area (Å²) >= 11 is 3.48. The number of aliphatic hydroxyl groups excluding tert-OH is 1. The predicted octanol–water partition coefficient (Wildman–Crippen LogP) is 5.11. The average molecular weight is 331 g/mol. The Balaban J connectivity index is 1.99. The van der Waals surface area contributed by atoms with Crippen LogP contribution in [0.4, 0.5) is 0 Å². The lowest BCUT2D eigenvalue weighted by atomic mass is 9.77. The van der Waals surface area contributed by atoms with E-state index in [1.807, 2.05) is 18.2 Å². The number of hydrogen-bond acceptors (Lipinski definition) is 1. The molecule has 0 aromatic heterocycles. The first kappa shape index (κ1) is 13.8. The largest absolute Gasteiger partial charge is 0.384 e. The molecule has 1 N–H and O–H groups in total. The molecule has 0 saturated heterocycles. The molecule has 1 aliphatic carbocycles. The molecule has 0 heterocycles. The van der Waals surface area contributed by atoms with Crippen LogP contribution in [0.2, 0.25) is 0 Å². The highest BCUT2D eigenvalue weighted by Gasteiger charge is 2.25. The molecular formula is C18H19BrO. The fourth-order valence-corrected chi connectivity index (χ4v) is 3.44. The first-order chi connectivity index (χ1) is 9.66. The second-order valence-corrected chi connectivity index (χ2v) is 6.58. The van der Waals surface area contributed by atoms with Crippen molar-refractivity contribution < 1.29 is 5.11 Å². The highest BCUT2D eigenvalue weighted by Crippen LogP contribution is 2.41. The molecule has 3 rings (SSSR count). The Hall–Kier alpha value is -1.12. The number of aliphatic hydroxyl groups is 1. The second-order valence-electron chi connectivity index (χ2n) is 5.66. The van der Waals surface area contributed by atoms with Crippen molar-refractivity contribution in [3.05, 3.63) is 69.2 Å². The Morgan fingerprint density at radius 1 is 1.10 bits per heavy atom. The van der Waals surface area contributed by atoms with E-state index in [4.69, 9.17) is 0 Å². The van der Waals surface area contributed by atoms with Crippen LogP contribution >= 0.6 is 15.9 Å². The van der Waals surface area contributed by atoms with E-state index in [1.54, 1.807) is 0 Å². The Morgan fingerprint density at radius 2 is 1.85 bits per heavy atom. The van der Waals surface area contributed by atoms with E-state index >= 15 is 0 Å². The van der Waals surface area contributed by atoms with Crippen LogP contribution in [0, 0.1) is 6.92 Å². The SMILES string of the molecule is Cc1cc(Br)ccc1C(O)c1ccccc1C1CCC1. The lowest BCUT2D eigenvalue weighted by Crippen LogP contribution is -2.14. The fourth-order valence-electron chi connectivity index (χ4n) is 2.96. The first-order valence-electron chi connectivity index (χ1n) is 7.20. The molecule has 2 heteroatoms. The average Bonchev–Trinajstić information content (AvgIpc) is 2.37. The summed E-state index contributed by atoms with van der Waals surface area (Å²) in [5.41, 5.74) is 4.52. The predicted molar refractivity (Wildman–Crippen MR) is 86.0 cm³/mol. The number of hydrogen-bond donors (Lipinski definition) is 1. The summed E-state index contributed by atoms with van der Waals surface area (Å²) in [5, 5.41) is 10.8. The maximum Gasteiger partial charge on any atom is 0.105 e. The molecule has 104 valence electrons. The van der Waals surface area contributed by atoms with Crippen LogP contribution in [0.15, 0.2) is 46.9 Å². The zero-order valence-electron chi connectivity index (χ0n) is 11.6. The molecule has 0 bridgehead atoms. The molecule has 0 aliphatic heterocycles. The number of rotatable bonds is 3. The van der Waals surface area contributed by atoms with Crippen LogP contribution in [0.1, 0.15) is 53.5 Å². The van der Waals surface area contributed by atoms with Gasteiger partial charge in [0, 0.05) is 4.47 Å². The summed E-state index contributed by atoms with van der Waals surface area (Å²) in [6, 6.07) is 14.4. The van der Waals surface area contributed by atoms with Crippen LogP contribution in [0.5, 0.6) is 0 Å². The van der Waals surface area contributed by atoms with Crippen molar-refractivity contribution in [2.75, 3.05) is 0 Å². The van der Waals surface area contributed by atoms with Crippen molar-refractivity contribution >= 4 is 15.9 Å². The summed E-state index contributed by atoms with van der Waals surface area (Å²) in [6.45, 7) is 2.05. The Morgan fingerprint density at radius 3 is 2.50 bits per heavy atom. The third-order valence-electron chi connectivity index (χ3n) is 4.36. The van der Waals surface area contributed by atoms with E-state index in [0.29, 0.717) is 5.92 Å². The minimum Gasteiger partial charge on any atom is -0.384 e.